The maximum absolute atomic E-state index is 12.9. The number of carbonyl (C=O) groups is 1. The fourth-order valence-corrected chi connectivity index (χ4v) is 4.07. The zero-order valence-corrected chi connectivity index (χ0v) is 20.5. The highest BCUT2D eigenvalue weighted by Gasteiger charge is 2.19. The molecule has 2 aromatic carbocycles. The molecule has 2 heterocycles. The lowest BCUT2D eigenvalue weighted by atomic mass is 10.2. The van der Waals surface area contributed by atoms with E-state index in [1.807, 2.05) is 19.1 Å². The summed E-state index contributed by atoms with van der Waals surface area (Å²) in [6, 6.07) is 13.1. The Kier molecular flexibility index (Phi) is 7.72. The summed E-state index contributed by atoms with van der Waals surface area (Å²) < 4.78 is 5.61. The Morgan fingerprint density at radius 1 is 1.06 bits per heavy atom. The second-order valence-electron chi connectivity index (χ2n) is 7.86. The van der Waals surface area contributed by atoms with Crippen LogP contribution in [0.25, 0.3) is 0 Å². The van der Waals surface area contributed by atoms with Crippen LogP contribution in [0.3, 0.4) is 0 Å². The first-order valence-corrected chi connectivity index (χ1v) is 11.8. The number of likely N-dealkylation sites (N-methyl/N-ethyl adjacent to an activating group) is 1. The third kappa shape index (κ3) is 5.70. The summed E-state index contributed by atoms with van der Waals surface area (Å²) in [7, 11) is 2.14. The highest BCUT2D eigenvalue weighted by Crippen LogP contribution is 2.31. The van der Waals surface area contributed by atoms with Crippen molar-refractivity contribution >= 4 is 52.1 Å². The van der Waals surface area contributed by atoms with Crippen LogP contribution in [0.15, 0.2) is 48.7 Å². The number of carbonyl (C=O) groups excluding carboxylic acids is 1. The van der Waals surface area contributed by atoms with Crippen molar-refractivity contribution in [2.45, 2.75) is 6.92 Å². The van der Waals surface area contributed by atoms with Gasteiger partial charge in [-0.25, -0.2) is 4.98 Å². The Morgan fingerprint density at radius 3 is 2.38 bits per heavy atom. The first-order valence-electron chi connectivity index (χ1n) is 11.0. The number of piperazine rings is 1. The van der Waals surface area contributed by atoms with Crippen molar-refractivity contribution in [3.63, 3.8) is 0 Å². The molecule has 1 saturated heterocycles. The van der Waals surface area contributed by atoms with E-state index in [4.69, 9.17) is 27.9 Å². The number of anilines is 4. The minimum absolute atomic E-state index is 0.162. The molecule has 3 aromatic rings. The van der Waals surface area contributed by atoms with E-state index in [0.717, 1.165) is 31.9 Å². The van der Waals surface area contributed by atoms with Crippen LogP contribution >= 0.6 is 23.2 Å². The monoisotopic (exact) mass is 500 g/mol. The van der Waals surface area contributed by atoms with Crippen LogP contribution in [0.4, 0.5) is 23.0 Å². The molecular formula is C24H26Cl2N6O2. The standard InChI is InChI=1S/C24H26Cl2N6O2/c1-3-34-23-18(22(33)29-21-19(25)5-4-6-20(21)26)15-27-24(30-23)28-16-7-9-17(10-8-16)32-13-11-31(2)12-14-32/h4-10,15H,3,11-14H2,1-2H3,(H,29,33)(H,27,28,30). The lowest BCUT2D eigenvalue weighted by Crippen LogP contribution is -2.44. The molecule has 2 N–H and O–H groups in total. The molecule has 0 radical (unpaired) electrons. The number of aromatic nitrogens is 2. The summed E-state index contributed by atoms with van der Waals surface area (Å²) in [5.41, 5.74) is 2.51. The first kappa shape index (κ1) is 24.1. The quantitative estimate of drug-likeness (QED) is 0.475. The van der Waals surface area contributed by atoms with Gasteiger partial charge in [-0.15, -0.1) is 0 Å². The van der Waals surface area contributed by atoms with E-state index in [1.54, 1.807) is 18.2 Å². The molecule has 1 aromatic heterocycles. The first-order chi connectivity index (χ1) is 16.4. The van der Waals surface area contributed by atoms with Gasteiger partial charge in [-0.05, 0) is 50.4 Å². The lowest BCUT2D eigenvalue weighted by Gasteiger charge is -2.34. The van der Waals surface area contributed by atoms with E-state index in [9.17, 15) is 4.79 Å². The number of nitrogens with zero attached hydrogens (tertiary/aromatic N) is 4. The number of para-hydroxylation sites is 1. The van der Waals surface area contributed by atoms with E-state index < -0.39 is 5.91 Å². The number of ether oxygens (including phenoxy) is 1. The van der Waals surface area contributed by atoms with Gasteiger partial charge in [0.15, 0.2) is 0 Å². The Morgan fingerprint density at radius 2 is 1.74 bits per heavy atom. The molecule has 4 rings (SSSR count). The Balaban J connectivity index is 1.48. The molecule has 1 aliphatic rings. The smallest absolute Gasteiger partial charge is 0.262 e. The fourth-order valence-electron chi connectivity index (χ4n) is 3.58. The average molecular weight is 501 g/mol. The van der Waals surface area contributed by atoms with E-state index in [2.05, 4.69) is 49.6 Å². The highest BCUT2D eigenvalue weighted by atomic mass is 35.5. The van der Waals surface area contributed by atoms with Gasteiger partial charge in [-0.1, -0.05) is 29.3 Å². The van der Waals surface area contributed by atoms with Crippen LogP contribution < -0.4 is 20.3 Å². The van der Waals surface area contributed by atoms with Crippen LogP contribution in [0.1, 0.15) is 17.3 Å². The maximum atomic E-state index is 12.9. The highest BCUT2D eigenvalue weighted by molar-refractivity contribution is 6.40. The van der Waals surface area contributed by atoms with Gasteiger partial charge in [0.2, 0.25) is 11.8 Å². The van der Waals surface area contributed by atoms with E-state index in [1.165, 1.54) is 11.9 Å². The van der Waals surface area contributed by atoms with Crippen molar-refractivity contribution in [2.24, 2.45) is 0 Å². The van der Waals surface area contributed by atoms with Gasteiger partial charge in [0.05, 0.1) is 22.3 Å². The van der Waals surface area contributed by atoms with Crippen molar-refractivity contribution in [1.29, 1.82) is 0 Å². The van der Waals surface area contributed by atoms with Gasteiger partial charge >= 0.3 is 0 Å². The number of hydrogen-bond donors (Lipinski definition) is 2. The summed E-state index contributed by atoms with van der Waals surface area (Å²) in [6.45, 7) is 6.27. The van der Waals surface area contributed by atoms with Crippen molar-refractivity contribution in [3.05, 3.63) is 64.3 Å². The molecule has 1 fully saturated rings. The molecule has 178 valence electrons. The molecule has 1 amide bonds. The molecule has 0 bridgehead atoms. The third-order valence-electron chi connectivity index (χ3n) is 5.47. The van der Waals surface area contributed by atoms with Crippen molar-refractivity contribution in [2.75, 3.05) is 55.4 Å². The Bertz CT molecular complexity index is 1130. The zero-order chi connectivity index (χ0) is 24.1. The summed E-state index contributed by atoms with van der Waals surface area (Å²) in [4.78, 5) is 26.3. The molecule has 0 aliphatic carbocycles. The maximum Gasteiger partial charge on any atom is 0.262 e. The zero-order valence-electron chi connectivity index (χ0n) is 19.0. The van der Waals surface area contributed by atoms with Gasteiger partial charge in [0.1, 0.15) is 5.56 Å². The van der Waals surface area contributed by atoms with E-state index in [0.29, 0.717) is 28.3 Å². The van der Waals surface area contributed by atoms with Crippen molar-refractivity contribution in [1.82, 2.24) is 14.9 Å². The van der Waals surface area contributed by atoms with Gasteiger partial charge in [-0.2, -0.15) is 4.98 Å². The molecule has 10 heteroatoms. The number of rotatable bonds is 7. The number of nitrogens with one attached hydrogen (secondary N) is 2. The van der Waals surface area contributed by atoms with E-state index in [-0.39, 0.29) is 11.4 Å². The largest absolute Gasteiger partial charge is 0.477 e. The normalized spacial score (nSPS) is 14.1. The number of halogens is 2. The molecule has 34 heavy (non-hydrogen) atoms. The number of benzene rings is 2. The minimum atomic E-state index is -0.471. The van der Waals surface area contributed by atoms with Gasteiger partial charge in [0, 0.05) is 43.8 Å². The predicted molar refractivity (Wildman–Crippen MR) is 137 cm³/mol. The van der Waals surface area contributed by atoms with Crippen LogP contribution in [0.2, 0.25) is 10.0 Å². The molecule has 0 atom stereocenters. The number of amides is 1. The number of hydrogen-bond acceptors (Lipinski definition) is 7. The second-order valence-corrected chi connectivity index (χ2v) is 8.67. The molecule has 0 saturated carbocycles. The average Bonchev–Trinajstić information content (AvgIpc) is 2.83. The van der Waals surface area contributed by atoms with Gasteiger partial charge in [0.25, 0.3) is 5.91 Å². The molecular weight excluding hydrogens is 475 g/mol. The van der Waals surface area contributed by atoms with Crippen molar-refractivity contribution in [3.8, 4) is 5.88 Å². The van der Waals surface area contributed by atoms with Crippen LogP contribution in [0.5, 0.6) is 5.88 Å². The lowest BCUT2D eigenvalue weighted by molar-refractivity contribution is 0.102. The Hall–Kier alpha value is -3.07. The van der Waals surface area contributed by atoms with Gasteiger partial charge < -0.3 is 25.2 Å². The van der Waals surface area contributed by atoms with Crippen LogP contribution in [-0.2, 0) is 0 Å². The summed E-state index contributed by atoms with van der Waals surface area (Å²) >= 11 is 12.3. The third-order valence-corrected chi connectivity index (χ3v) is 6.10. The molecule has 1 aliphatic heterocycles. The SMILES string of the molecule is CCOc1nc(Nc2ccc(N3CCN(C)CC3)cc2)ncc1C(=O)Nc1c(Cl)cccc1Cl. The summed E-state index contributed by atoms with van der Waals surface area (Å²) in [5.74, 6) is 0.0133. The molecule has 0 unspecified atom stereocenters. The predicted octanol–water partition coefficient (Wildman–Crippen LogP) is 4.93. The Labute approximate surface area is 208 Å². The van der Waals surface area contributed by atoms with Crippen molar-refractivity contribution < 1.29 is 9.53 Å². The van der Waals surface area contributed by atoms with E-state index >= 15 is 0 Å². The minimum Gasteiger partial charge on any atom is -0.477 e. The fraction of sp³-hybridized carbons (Fsp3) is 0.292. The summed E-state index contributed by atoms with van der Waals surface area (Å²) in [6.07, 6.45) is 1.42. The molecule has 0 spiro atoms. The molecule has 8 nitrogen and oxygen atoms in total. The van der Waals surface area contributed by atoms with Crippen LogP contribution in [-0.4, -0.2) is 60.6 Å². The van der Waals surface area contributed by atoms with Crippen LogP contribution in [0, 0.1) is 0 Å². The van der Waals surface area contributed by atoms with Gasteiger partial charge in [-0.3, -0.25) is 4.79 Å². The second kappa shape index (κ2) is 10.9. The summed E-state index contributed by atoms with van der Waals surface area (Å²) in [5, 5.41) is 6.55. The topological polar surface area (TPSA) is 82.6 Å².